The lowest BCUT2D eigenvalue weighted by Crippen LogP contribution is -3.07. The van der Waals surface area contributed by atoms with Gasteiger partial charge in [0.15, 0.2) is 5.11 Å². The Morgan fingerprint density at radius 2 is 2.05 bits per heavy atom. The summed E-state index contributed by atoms with van der Waals surface area (Å²) in [6.45, 7) is 6.45. The molecule has 1 aromatic rings. The zero-order valence-corrected chi connectivity index (χ0v) is 14.4. The zero-order valence-electron chi connectivity index (χ0n) is 12.0. The number of rotatable bonds is 5. The Morgan fingerprint density at radius 3 is 2.63 bits per heavy atom. The summed E-state index contributed by atoms with van der Waals surface area (Å²) in [7, 11) is 4.33. The SMILES string of the molecule is C[NH+](C)CC(C)(C)CNC(=S)Nc1cccc(Br)c1. The van der Waals surface area contributed by atoms with Crippen molar-refractivity contribution >= 4 is 38.9 Å². The first kappa shape index (κ1) is 16.4. The number of hydrogen-bond donors (Lipinski definition) is 3. The van der Waals surface area contributed by atoms with Crippen LogP contribution in [0.15, 0.2) is 28.7 Å². The predicted octanol–water partition coefficient (Wildman–Crippen LogP) is 1.91. The van der Waals surface area contributed by atoms with E-state index in [1.165, 1.54) is 4.90 Å². The third-order valence-electron chi connectivity index (χ3n) is 2.64. The molecule has 0 radical (unpaired) electrons. The highest BCUT2D eigenvalue weighted by Gasteiger charge is 2.21. The van der Waals surface area contributed by atoms with Gasteiger partial charge >= 0.3 is 0 Å². The van der Waals surface area contributed by atoms with Crippen molar-refractivity contribution in [2.45, 2.75) is 13.8 Å². The van der Waals surface area contributed by atoms with Crippen LogP contribution < -0.4 is 15.5 Å². The van der Waals surface area contributed by atoms with Gasteiger partial charge in [-0.1, -0.05) is 35.8 Å². The zero-order chi connectivity index (χ0) is 14.5. The molecule has 1 aromatic carbocycles. The molecule has 106 valence electrons. The largest absolute Gasteiger partial charge is 0.362 e. The van der Waals surface area contributed by atoms with Gasteiger partial charge in [0.1, 0.15) is 0 Å². The Bertz CT molecular complexity index is 432. The van der Waals surface area contributed by atoms with Gasteiger partial charge in [-0.25, -0.2) is 0 Å². The van der Waals surface area contributed by atoms with E-state index in [9.17, 15) is 0 Å². The molecule has 0 saturated carbocycles. The Morgan fingerprint density at radius 1 is 1.37 bits per heavy atom. The lowest BCUT2D eigenvalue weighted by Gasteiger charge is -2.26. The van der Waals surface area contributed by atoms with E-state index in [1.54, 1.807) is 0 Å². The van der Waals surface area contributed by atoms with Gasteiger partial charge in [0.05, 0.1) is 20.6 Å². The molecule has 0 aromatic heterocycles. The van der Waals surface area contributed by atoms with E-state index in [0.29, 0.717) is 5.11 Å². The van der Waals surface area contributed by atoms with E-state index < -0.39 is 0 Å². The van der Waals surface area contributed by atoms with Crippen LogP contribution >= 0.6 is 28.1 Å². The molecular formula is C14H23BrN3S+. The van der Waals surface area contributed by atoms with Gasteiger partial charge in [-0.2, -0.15) is 0 Å². The molecule has 0 aliphatic rings. The second kappa shape index (κ2) is 7.22. The summed E-state index contributed by atoms with van der Waals surface area (Å²) in [5, 5.41) is 7.15. The summed E-state index contributed by atoms with van der Waals surface area (Å²) in [5.41, 5.74) is 1.20. The van der Waals surface area contributed by atoms with Crippen molar-refractivity contribution in [3.63, 3.8) is 0 Å². The molecule has 0 aliphatic carbocycles. The molecule has 0 saturated heterocycles. The Kier molecular flexibility index (Phi) is 6.23. The van der Waals surface area contributed by atoms with Crippen molar-refractivity contribution in [3.05, 3.63) is 28.7 Å². The van der Waals surface area contributed by atoms with E-state index in [-0.39, 0.29) is 5.41 Å². The lowest BCUT2D eigenvalue weighted by atomic mass is 9.93. The summed E-state index contributed by atoms with van der Waals surface area (Å²) in [6, 6.07) is 7.97. The van der Waals surface area contributed by atoms with Crippen molar-refractivity contribution in [1.82, 2.24) is 5.32 Å². The molecule has 0 aliphatic heterocycles. The highest BCUT2D eigenvalue weighted by molar-refractivity contribution is 9.10. The van der Waals surface area contributed by atoms with Crippen LogP contribution in [-0.2, 0) is 0 Å². The molecule has 0 heterocycles. The number of halogens is 1. The fraction of sp³-hybridized carbons (Fsp3) is 0.500. The maximum Gasteiger partial charge on any atom is 0.170 e. The lowest BCUT2D eigenvalue weighted by molar-refractivity contribution is -0.865. The molecular weight excluding hydrogens is 322 g/mol. The highest BCUT2D eigenvalue weighted by atomic mass is 79.9. The molecule has 0 spiro atoms. The minimum Gasteiger partial charge on any atom is -0.362 e. The van der Waals surface area contributed by atoms with Crippen LogP contribution in [0.25, 0.3) is 0 Å². The Balaban J connectivity index is 2.44. The summed E-state index contributed by atoms with van der Waals surface area (Å²) < 4.78 is 1.04. The first-order valence-corrected chi connectivity index (χ1v) is 7.58. The average Bonchev–Trinajstić information content (AvgIpc) is 2.25. The van der Waals surface area contributed by atoms with Crippen molar-refractivity contribution in [2.24, 2.45) is 5.41 Å². The second-order valence-electron chi connectivity index (χ2n) is 5.87. The van der Waals surface area contributed by atoms with Gasteiger partial charge in [-0.15, -0.1) is 0 Å². The van der Waals surface area contributed by atoms with Gasteiger partial charge < -0.3 is 15.5 Å². The maximum absolute atomic E-state index is 5.32. The number of benzene rings is 1. The van der Waals surface area contributed by atoms with E-state index in [2.05, 4.69) is 54.5 Å². The fourth-order valence-electron chi connectivity index (χ4n) is 2.08. The third kappa shape index (κ3) is 6.89. The quantitative estimate of drug-likeness (QED) is 0.712. The molecule has 0 bridgehead atoms. The van der Waals surface area contributed by atoms with Crippen LogP contribution in [0.5, 0.6) is 0 Å². The van der Waals surface area contributed by atoms with E-state index in [1.807, 2.05) is 24.3 Å². The normalized spacial score (nSPS) is 11.5. The number of thiocarbonyl (C=S) groups is 1. The van der Waals surface area contributed by atoms with E-state index >= 15 is 0 Å². The van der Waals surface area contributed by atoms with Crippen LogP contribution in [0.4, 0.5) is 5.69 Å². The van der Waals surface area contributed by atoms with Crippen LogP contribution in [0.1, 0.15) is 13.8 Å². The molecule has 0 amide bonds. The predicted molar refractivity (Wildman–Crippen MR) is 89.8 cm³/mol. The van der Waals surface area contributed by atoms with Crippen molar-refractivity contribution in [2.75, 3.05) is 32.5 Å². The van der Waals surface area contributed by atoms with Crippen molar-refractivity contribution < 1.29 is 4.90 Å². The molecule has 0 unspecified atom stereocenters. The number of nitrogens with one attached hydrogen (secondary N) is 3. The number of hydrogen-bond acceptors (Lipinski definition) is 1. The van der Waals surface area contributed by atoms with Gasteiger partial charge in [0, 0.05) is 22.1 Å². The fourth-order valence-corrected chi connectivity index (χ4v) is 2.67. The summed E-state index contributed by atoms with van der Waals surface area (Å²) in [6.07, 6.45) is 0. The average molecular weight is 345 g/mol. The third-order valence-corrected chi connectivity index (χ3v) is 3.38. The number of anilines is 1. The second-order valence-corrected chi connectivity index (χ2v) is 7.19. The van der Waals surface area contributed by atoms with E-state index in [4.69, 9.17) is 12.2 Å². The maximum atomic E-state index is 5.32. The molecule has 5 heteroatoms. The van der Waals surface area contributed by atoms with Gasteiger partial charge in [0.25, 0.3) is 0 Å². The number of quaternary nitrogens is 1. The van der Waals surface area contributed by atoms with Crippen molar-refractivity contribution in [3.8, 4) is 0 Å². The van der Waals surface area contributed by atoms with Crippen LogP contribution in [0, 0.1) is 5.41 Å². The standard InChI is InChI=1S/C14H22BrN3S/c1-14(2,10-18(3)4)9-16-13(19)17-12-7-5-6-11(15)8-12/h5-8H,9-10H2,1-4H3,(H2,16,17,19)/p+1. The molecule has 0 atom stereocenters. The summed E-state index contributed by atoms with van der Waals surface area (Å²) in [5.74, 6) is 0. The molecule has 1 rings (SSSR count). The molecule has 3 N–H and O–H groups in total. The van der Waals surface area contributed by atoms with Crippen molar-refractivity contribution in [1.29, 1.82) is 0 Å². The van der Waals surface area contributed by atoms with Gasteiger partial charge in [-0.3, -0.25) is 0 Å². The monoisotopic (exact) mass is 344 g/mol. The summed E-state index contributed by atoms with van der Waals surface area (Å²) in [4.78, 5) is 1.44. The first-order chi connectivity index (χ1) is 8.78. The topological polar surface area (TPSA) is 28.5 Å². The first-order valence-electron chi connectivity index (χ1n) is 6.38. The highest BCUT2D eigenvalue weighted by Crippen LogP contribution is 2.15. The smallest absolute Gasteiger partial charge is 0.170 e. The minimum absolute atomic E-state index is 0.210. The molecule has 19 heavy (non-hydrogen) atoms. The van der Waals surface area contributed by atoms with Gasteiger partial charge in [0.2, 0.25) is 0 Å². The minimum atomic E-state index is 0.210. The van der Waals surface area contributed by atoms with Crippen LogP contribution in [-0.4, -0.2) is 32.3 Å². The van der Waals surface area contributed by atoms with Gasteiger partial charge in [-0.05, 0) is 30.4 Å². The summed E-state index contributed by atoms with van der Waals surface area (Å²) >= 11 is 8.76. The molecule has 0 fully saturated rings. The Hall–Kier alpha value is -0.650. The molecule has 3 nitrogen and oxygen atoms in total. The Labute approximate surface area is 129 Å². The van der Waals surface area contributed by atoms with E-state index in [0.717, 1.165) is 23.2 Å². The van der Waals surface area contributed by atoms with Crippen LogP contribution in [0.3, 0.4) is 0 Å². The van der Waals surface area contributed by atoms with Crippen LogP contribution in [0.2, 0.25) is 0 Å².